The van der Waals surface area contributed by atoms with Crippen LogP contribution in [-0.2, 0) is 17.9 Å². The topological polar surface area (TPSA) is 46.6 Å². The number of thioether (sulfide) groups is 1. The van der Waals surface area contributed by atoms with Gasteiger partial charge in [-0.15, -0.1) is 0 Å². The third-order valence-electron chi connectivity index (χ3n) is 4.46. The highest BCUT2D eigenvalue weighted by atomic mass is 32.2. The molecule has 1 fully saturated rings. The molecule has 0 saturated carbocycles. The maximum Gasteiger partial charge on any atom is 0.293 e. The first-order chi connectivity index (χ1) is 14.2. The number of hydrogen-bond donors (Lipinski definition) is 0. The van der Waals surface area contributed by atoms with Crippen LogP contribution in [0.2, 0.25) is 0 Å². The molecule has 3 aromatic rings. The number of ether oxygens (including phenoxy) is 1. The minimum absolute atomic E-state index is 0.249. The van der Waals surface area contributed by atoms with Crippen LogP contribution in [0.3, 0.4) is 0 Å². The molecule has 4 rings (SSSR count). The lowest BCUT2D eigenvalue weighted by atomic mass is 10.2. The highest BCUT2D eigenvalue weighted by Gasteiger charge is 2.34. The Bertz CT molecular complexity index is 1050. The molecule has 2 amide bonds. The van der Waals surface area contributed by atoms with Crippen molar-refractivity contribution in [3.8, 4) is 5.75 Å². The lowest BCUT2D eigenvalue weighted by Gasteiger charge is -2.12. The fraction of sp³-hybridized carbons (Fsp3) is 0.0833. The van der Waals surface area contributed by atoms with E-state index in [0.717, 1.165) is 28.5 Å². The Morgan fingerprint density at radius 3 is 2.24 bits per heavy atom. The standard InChI is InChI=1S/C24H19NO3S/c26-23-22(29-24(27)25(23)16-18-8-3-1-4-9-18)15-20-12-7-13-21(14-20)28-17-19-10-5-2-6-11-19/h1-15H,16-17H2/b22-15-. The van der Waals surface area contributed by atoms with Crippen LogP contribution in [0.15, 0.2) is 89.8 Å². The first-order valence-electron chi connectivity index (χ1n) is 9.25. The van der Waals surface area contributed by atoms with Crippen LogP contribution in [0.5, 0.6) is 5.75 Å². The van der Waals surface area contributed by atoms with Gasteiger partial charge in [-0.25, -0.2) is 0 Å². The van der Waals surface area contributed by atoms with E-state index in [2.05, 4.69) is 0 Å². The molecule has 0 N–H and O–H groups in total. The third kappa shape index (κ3) is 4.76. The van der Waals surface area contributed by atoms with Crippen molar-refractivity contribution in [2.75, 3.05) is 0 Å². The molecule has 1 aliphatic rings. The van der Waals surface area contributed by atoms with Crippen LogP contribution < -0.4 is 4.74 Å². The van der Waals surface area contributed by atoms with Gasteiger partial charge in [0.05, 0.1) is 11.4 Å². The van der Waals surface area contributed by atoms with Crippen molar-refractivity contribution in [1.29, 1.82) is 0 Å². The molecule has 144 valence electrons. The summed E-state index contributed by atoms with van der Waals surface area (Å²) in [5.74, 6) is 0.450. The molecular formula is C24H19NO3S. The molecule has 0 unspecified atom stereocenters. The van der Waals surface area contributed by atoms with Crippen LogP contribution in [0.4, 0.5) is 4.79 Å². The molecule has 1 aliphatic heterocycles. The van der Waals surface area contributed by atoms with Crippen molar-refractivity contribution in [1.82, 2.24) is 4.90 Å². The van der Waals surface area contributed by atoms with Gasteiger partial charge in [0, 0.05) is 0 Å². The number of carbonyl (C=O) groups excluding carboxylic acids is 2. The van der Waals surface area contributed by atoms with Crippen LogP contribution in [-0.4, -0.2) is 16.0 Å². The molecule has 5 heteroatoms. The van der Waals surface area contributed by atoms with Crippen LogP contribution >= 0.6 is 11.8 Å². The predicted molar refractivity (Wildman–Crippen MR) is 115 cm³/mol. The van der Waals surface area contributed by atoms with E-state index in [-0.39, 0.29) is 17.7 Å². The molecular weight excluding hydrogens is 382 g/mol. The zero-order chi connectivity index (χ0) is 20.1. The average molecular weight is 401 g/mol. The van der Waals surface area contributed by atoms with Gasteiger partial charge in [-0.1, -0.05) is 72.8 Å². The van der Waals surface area contributed by atoms with Gasteiger partial charge in [0.2, 0.25) is 0 Å². The highest BCUT2D eigenvalue weighted by Crippen LogP contribution is 2.33. The Kier molecular flexibility index (Phi) is 5.77. The van der Waals surface area contributed by atoms with E-state index in [4.69, 9.17) is 4.74 Å². The van der Waals surface area contributed by atoms with E-state index in [1.165, 1.54) is 4.90 Å². The first-order valence-corrected chi connectivity index (χ1v) is 10.1. The van der Waals surface area contributed by atoms with Crippen molar-refractivity contribution < 1.29 is 14.3 Å². The predicted octanol–water partition coefficient (Wildman–Crippen LogP) is 5.50. The van der Waals surface area contributed by atoms with Crippen LogP contribution in [0.1, 0.15) is 16.7 Å². The van der Waals surface area contributed by atoms with Crippen molar-refractivity contribution in [3.63, 3.8) is 0 Å². The zero-order valence-corrected chi connectivity index (χ0v) is 16.5. The number of benzene rings is 3. The van der Waals surface area contributed by atoms with E-state index in [9.17, 15) is 9.59 Å². The van der Waals surface area contributed by atoms with Gasteiger partial charge >= 0.3 is 0 Å². The number of rotatable bonds is 6. The fourth-order valence-electron chi connectivity index (χ4n) is 2.99. The molecule has 0 spiro atoms. The normalized spacial score (nSPS) is 15.2. The molecule has 0 bridgehead atoms. The summed E-state index contributed by atoms with van der Waals surface area (Å²) in [5.41, 5.74) is 2.83. The zero-order valence-electron chi connectivity index (χ0n) is 15.7. The summed E-state index contributed by atoms with van der Waals surface area (Å²) in [6.07, 6.45) is 1.74. The maximum absolute atomic E-state index is 12.7. The van der Waals surface area contributed by atoms with Crippen LogP contribution in [0.25, 0.3) is 6.08 Å². The molecule has 0 atom stereocenters. The van der Waals surface area contributed by atoms with Gasteiger partial charge in [0.1, 0.15) is 12.4 Å². The summed E-state index contributed by atoms with van der Waals surface area (Å²) >= 11 is 0.970. The minimum Gasteiger partial charge on any atom is -0.489 e. The number of carbonyl (C=O) groups is 2. The summed E-state index contributed by atoms with van der Waals surface area (Å²) < 4.78 is 5.85. The maximum atomic E-state index is 12.7. The summed E-state index contributed by atoms with van der Waals surface area (Å²) in [6.45, 7) is 0.751. The number of amides is 2. The van der Waals surface area contributed by atoms with E-state index in [1.54, 1.807) is 6.08 Å². The van der Waals surface area contributed by atoms with Gasteiger partial charge in [0.15, 0.2) is 0 Å². The number of hydrogen-bond acceptors (Lipinski definition) is 4. The van der Waals surface area contributed by atoms with Gasteiger partial charge in [-0.05, 0) is 46.7 Å². The van der Waals surface area contributed by atoms with E-state index in [1.807, 2.05) is 84.9 Å². The summed E-state index contributed by atoms with van der Waals surface area (Å²) in [7, 11) is 0. The smallest absolute Gasteiger partial charge is 0.293 e. The number of nitrogens with zero attached hydrogens (tertiary/aromatic N) is 1. The Morgan fingerprint density at radius 1 is 0.828 bits per heavy atom. The van der Waals surface area contributed by atoms with Crippen molar-refractivity contribution in [3.05, 3.63) is 107 Å². The van der Waals surface area contributed by atoms with E-state index >= 15 is 0 Å². The molecule has 1 heterocycles. The van der Waals surface area contributed by atoms with Crippen molar-refractivity contribution in [2.24, 2.45) is 0 Å². The second kappa shape index (κ2) is 8.80. The second-order valence-electron chi connectivity index (χ2n) is 6.60. The molecule has 0 radical (unpaired) electrons. The third-order valence-corrected chi connectivity index (χ3v) is 5.37. The molecule has 0 aromatic heterocycles. The van der Waals surface area contributed by atoms with Gasteiger partial charge in [-0.2, -0.15) is 0 Å². The minimum atomic E-state index is -0.264. The largest absolute Gasteiger partial charge is 0.489 e. The van der Waals surface area contributed by atoms with Gasteiger partial charge < -0.3 is 4.74 Å². The Morgan fingerprint density at radius 2 is 1.52 bits per heavy atom. The Balaban J connectivity index is 1.46. The SMILES string of the molecule is O=C1S/C(=C\c2cccc(OCc3ccccc3)c2)C(=O)N1Cc1ccccc1. The molecule has 1 saturated heterocycles. The van der Waals surface area contributed by atoms with Gasteiger partial charge in [0.25, 0.3) is 11.1 Å². The lowest BCUT2D eigenvalue weighted by Crippen LogP contribution is -2.27. The molecule has 0 aliphatic carbocycles. The second-order valence-corrected chi connectivity index (χ2v) is 7.59. The van der Waals surface area contributed by atoms with E-state index in [0.29, 0.717) is 17.3 Å². The monoisotopic (exact) mass is 401 g/mol. The fourth-order valence-corrected chi connectivity index (χ4v) is 3.83. The van der Waals surface area contributed by atoms with E-state index < -0.39 is 0 Å². The quantitative estimate of drug-likeness (QED) is 0.512. The average Bonchev–Trinajstić information content (AvgIpc) is 3.01. The van der Waals surface area contributed by atoms with Crippen LogP contribution in [0, 0.1) is 0 Å². The summed E-state index contributed by atoms with van der Waals surface area (Å²) in [4.78, 5) is 26.7. The molecule has 29 heavy (non-hydrogen) atoms. The Hall–Kier alpha value is -3.31. The lowest BCUT2D eigenvalue weighted by molar-refractivity contribution is -0.123. The van der Waals surface area contributed by atoms with Crippen molar-refractivity contribution >= 4 is 29.0 Å². The Labute approximate surface area is 173 Å². The van der Waals surface area contributed by atoms with Crippen molar-refractivity contribution in [2.45, 2.75) is 13.2 Å². The first kappa shape index (κ1) is 19.0. The summed E-state index contributed by atoms with van der Waals surface area (Å²) in [6, 6.07) is 26.9. The molecule has 4 nitrogen and oxygen atoms in total. The van der Waals surface area contributed by atoms with Gasteiger partial charge in [-0.3, -0.25) is 14.5 Å². The number of imide groups is 1. The highest BCUT2D eigenvalue weighted by molar-refractivity contribution is 8.18. The summed E-state index contributed by atoms with van der Waals surface area (Å²) in [5, 5.41) is -0.249. The molecule has 3 aromatic carbocycles.